The third-order valence-corrected chi connectivity index (χ3v) is 4.34. The van der Waals surface area contributed by atoms with Crippen molar-refractivity contribution in [1.82, 2.24) is 5.32 Å². The van der Waals surface area contributed by atoms with Gasteiger partial charge in [0.2, 0.25) is 5.91 Å². The van der Waals surface area contributed by atoms with Crippen LogP contribution in [0.3, 0.4) is 0 Å². The summed E-state index contributed by atoms with van der Waals surface area (Å²) in [6.45, 7) is 4.03. The zero-order chi connectivity index (χ0) is 13.2. The number of ether oxygens (including phenoxy) is 1. The Kier molecular flexibility index (Phi) is 3.93. The van der Waals surface area contributed by atoms with Crippen LogP contribution in [0.5, 0.6) is 0 Å². The second-order valence-electron chi connectivity index (χ2n) is 5.67. The third-order valence-electron chi connectivity index (χ3n) is 4.34. The lowest BCUT2D eigenvalue weighted by molar-refractivity contribution is -0.153. The minimum atomic E-state index is -0.493. The van der Waals surface area contributed by atoms with Crippen molar-refractivity contribution >= 4 is 11.9 Å². The highest BCUT2D eigenvalue weighted by Gasteiger charge is 2.52. The zero-order valence-corrected chi connectivity index (χ0v) is 11.3. The van der Waals surface area contributed by atoms with E-state index < -0.39 is 5.60 Å². The van der Waals surface area contributed by atoms with Gasteiger partial charge in [0.05, 0.1) is 12.3 Å². The highest BCUT2D eigenvalue weighted by molar-refractivity contribution is 5.88. The van der Waals surface area contributed by atoms with E-state index in [1.807, 2.05) is 13.8 Å². The summed E-state index contributed by atoms with van der Waals surface area (Å²) in [6, 6.07) is 0.161. The van der Waals surface area contributed by atoms with Crippen molar-refractivity contribution in [2.75, 3.05) is 0 Å². The summed E-state index contributed by atoms with van der Waals surface area (Å²) in [6.07, 6.45) is 6.14. The number of esters is 1. The van der Waals surface area contributed by atoms with E-state index in [1.165, 1.54) is 6.42 Å². The molecule has 2 aliphatic rings. The van der Waals surface area contributed by atoms with Gasteiger partial charge in [-0.25, -0.2) is 0 Å². The Morgan fingerprint density at radius 1 is 1.44 bits per heavy atom. The first-order valence-electron chi connectivity index (χ1n) is 7.09. The molecule has 1 aliphatic heterocycles. The van der Waals surface area contributed by atoms with E-state index in [0.29, 0.717) is 0 Å². The molecule has 1 spiro atoms. The average Bonchev–Trinajstić information content (AvgIpc) is 2.66. The van der Waals surface area contributed by atoms with E-state index in [1.54, 1.807) is 0 Å². The van der Waals surface area contributed by atoms with Crippen LogP contribution in [0, 0.1) is 5.92 Å². The molecule has 1 N–H and O–H groups in total. The molecule has 4 heteroatoms. The summed E-state index contributed by atoms with van der Waals surface area (Å²) in [5, 5.41) is 2.99. The van der Waals surface area contributed by atoms with Crippen molar-refractivity contribution in [2.24, 2.45) is 5.92 Å². The van der Waals surface area contributed by atoms with Crippen molar-refractivity contribution in [3.63, 3.8) is 0 Å². The van der Waals surface area contributed by atoms with Crippen LogP contribution in [0.15, 0.2) is 0 Å². The maximum Gasteiger partial charge on any atom is 0.307 e. The SMILES string of the molecule is CCC(C)NC(=O)C1CC(=O)OC12CCCCC2. The van der Waals surface area contributed by atoms with Gasteiger partial charge in [-0.15, -0.1) is 0 Å². The van der Waals surface area contributed by atoms with Crippen LogP contribution in [0.1, 0.15) is 58.8 Å². The van der Waals surface area contributed by atoms with Crippen molar-refractivity contribution in [3.8, 4) is 0 Å². The van der Waals surface area contributed by atoms with Crippen molar-refractivity contribution in [3.05, 3.63) is 0 Å². The van der Waals surface area contributed by atoms with Crippen LogP contribution in [-0.4, -0.2) is 23.5 Å². The molecule has 0 aromatic rings. The predicted octanol–water partition coefficient (Wildman–Crippen LogP) is 2.17. The molecule has 4 nitrogen and oxygen atoms in total. The monoisotopic (exact) mass is 253 g/mol. The maximum absolute atomic E-state index is 12.3. The third kappa shape index (κ3) is 2.52. The quantitative estimate of drug-likeness (QED) is 0.784. The highest BCUT2D eigenvalue weighted by atomic mass is 16.6. The number of nitrogens with one attached hydrogen (secondary N) is 1. The summed E-state index contributed by atoms with van der Waals surface area (Å²) in [4.78, 5) is 23.9. The van der Waals surface area contributed by atoms with E-state index in [4.69, 9.17) is 4.74 Å². The fraction of sp³-hybridized carbons (Fsp3) is 0.857. The Balaban J connectivity index is 2.09. The van der Waals surface area contributed by atoms with Crippen LogP contribution >= 0.6 is 0 Å². The Morgan fingerprint density at radius 2 is 2.11 bits per heavy atom. The zero-order valence-electron chi connectivity index (χ0n) is 11.3. The van der Waals surface area contributed by atoms with Gasteiger partial charge in [-0.3, -0.25) is 9.59 Å². The van der Waals surface area contributed by atoms with Crippen molar-refractivity contribution in [2.45, 2.75) is 70.4 Å². The largest absolute Gasteiger partial charge is 0.458 e. The lowest BCUT2D eigenvalue weighted by Gasteiger charge is -2.36. The molecule has 2 unspecified atom stereocenters. The van der Waals surface area contributed by atoms with Crippen molar-refractivity contribution in [1.29, 1.82) is 0 Å². The van der Waals surface area contributed by atoms with Gasteiger partial charge in [0, 0.05) is 6.04 Å². The fourth-order valence-electron chi connectivity index (χ4n) is 3.07. The number of hydrogen-bond acceptors (Lipinski definition) is 3. The summed E-state index contributed by atoms with van der Waals surface area (Å²) < 4.78 is 5.54. The van der Waals surface area contributed by atoms with Crippen LogP contribution in [-0.2, 0) is 14.3 Å². The van der Waals surface area contributed by atoms with E-state index in [-0.39, 0.29) is 30.3 Å². The molecule has 1 amide bonds. The van der Waals surface area contributed by atoms with Gasteiger partial charge in [-0.05, 0) is 39.0 Å². The second kappa shape index (κ2) is 5.29. The Hall–Kier alpha value is -1.06. The molecule has 2 fully saturated rings. The normalized spacial score (nSPS) is 27.9. The molecule has 1 aliphatic carbocycles. The van der Waals surface area contributed by atoms with E-state index >= 15 is 0 Å². The lowest BCUT2D eigenvalue weighted by atomic mass is 9.75. The molecule has 1 heterocycles. The van der Waals surface area contributed by atoms with Gasteiger partial charge < -0.3 is 10.1 Å². The number of carbonyl (C=O) groups excluding carboxylic acids is 2. The standard InChI is InChI=1S/C14H23NO3/c1-3-10(2)15-13(17)11-9-12(16)18-14(11)7-5-4-6-8-14/h10-11H,3-9H2,1-2H3,(H,15,17). The summed E-state index contributed by atoms with van der Waals surface area (Å²) in [5.74, 6) is -0.488. The minimum Gasteiger partial charge on any atom is -0.458 e. The smallest absolute Gasteiger partial charge is 0.307 e. The van der Waals surface area contributed by atoms with Gasteiger partial charge in [0.1, 0.15) is 5.60 Å². The van der Waals surface area contributed by atoms with Crippen LogP contribution in [0.25, 0.3) is 0 Å². The molecular weight excluding hydrogens is 230 g/mol. The average molecular weight is 253 g/mol. The number of amides is 1. The van der Waals surface area contributed by atoms with Crippen LogP contribution < -0.4 is 5.32 Å². The molecule has 0 aromatic heterocycles. The molecule has 102 valence electrons. The summed E-state index contributed by atoms with van der Waals surface area (Å²) in [5.41, 5.74) is -0.493. The Bertz CT molecular complexity index is 334. The van der Waals surface area contributed by atoms with Crippen molar-refractivity contribution < 1.29 is 14.3 Å². The van der Waals surface area contributed by atoms with Gasteiger partial charge in [0.15, 0.2) is 0 Å². The maximum atomic E-state index is 12.3. The van der Waals surface area contributed by atoms with E-state index in [2.05, 4.69) is 5.32 Å². The van der Waals surface area contributed by atoms with Gasteiger partial charge >= 0.3 is 5.97 Å². The first-order valence-corrected chi connectivity index (χ1v) is 7.09. The van der Waals surface area contributed by atoms with Gasteiger partial charge in [0.25, 0.3) is 0 Å². The number of rotatable bonds is 3. The molecule has 2 atom stereocenters. The molecule has 0 aromatic carbocycles. The molecule has 0 radical (unpaired) electrons. The minimum absolute atomic E-state index is 0.00269. The second-order valence-corrected chi connectivity index (χ2v) is 5.67. The summed E-state index contributed by atoms with van der Waals surface area (Å²) >= 11 is 0. The van der Waals surface area contributed by atoms with Gasteiger partial charge in [-0.1, -0.05) is 13.3 Å². The predicted molar refractivity (Wildman–Crippen MR) is 67.9 cm³/mol. The molecular formula is C14H23NO3. The van der Waals surface area contributed by atoms with E-state index in [0.717, 1.165) is 32.1 Å². The molecule has 1 saturated heterocycles. The Morgan fingerprint density at radius 3 is 2.72 bits per heavy atom. The van der Waals surface area contributed by atoms with E-state index in [9.17, 15) is 9.59 Å². The first-order chi connectivity index (χ1) is 8.57. The number of carbonyl (C=O) groups is 2. The molecule has 2 rings (SSSR count). The molecule has 1 saturated carbocycles. The molecule has 18 heavy (non-hydrogen) atoms. The first kappa shape index (κ1) is 13.4. The van der Waals surface area contributed by atoms with Crippen LogP contribution in [0.4, 0.5) is 0 Å². The van der Waals surface area contributed by atoms with Crippen LogP contribution in [0.2, 0.25) is 0 Å². The van der Waals surface area contributed by atoms with Gasteiger partial charge in [-0.2, -0.15) is 0 Å². The topological polar surface area (TPSA) is 55.4 Å². The molecule has 0 bridgehead atoms. The lowest BCUT2D eigenvalue weighted by Crippen LogP contribution is -2.47. The summed E-state index contributed by atoms with van der Waals surface area (Å²) in [7, 11) is 0. The number of hydrogen-bond donors (Lipinski definition) is 1. The Labute approximate surface area is 108 Å². The fourth-order valence-corrected chi connectivity index (χ4v) is 3.07. The highest BCUT2D eigenvalue weighted by Crippen LogP contribution is 2.44.